The van der Waals surface area contributed by atoms with Crippen LogP contribution >= 0.6 is 11.6 Å². The van der Waals surface area contributed by atoms with E-state index in [0.29, 0.717) is 28.7 Å². The minimum absolute atomic E-state index is 0.0331. The van der Waals surface area contributed by atoms with Gasteiger partial charge in [0, 0.05) is 36.4 Å². The molecule has 1 N–H and O–H groups in total. The Morgan fingerprint density at radius 2 is 2.07 bits per heavy atom. The number of hydrogen-bond donors (Lipinski definition) is 1. The van der Waals surface area contributed by atoms with Crippen LogP contribution in [0.1, 0.15) is 18.7 Å². The maximum absolute atomic E-state index is 12.3. The first kappa shape index (κ1) is 20.3. The molecule has 1 unspecified atom stereocenters. The molecular formula is C19H17ClF3N5O2. The van der Waals surface area contributed by atoms with Crippen LogP contribution in [0.15, 0.2) is 30.5 Å². The number of ether oxygens (including phenoxy) is 2. The molecule has 4 rings (SSSR count). The van der Waals surface area contributed by atoms with Gasteiger partial charge in [-0.15, -0.1) is 10.2 Å². The second-order valence-electron chi connectivity index (χ2n) is 6.79. The van der Waals surface area contributed by atoms with Crippen molar-refractivity contribution in [1.29, 1.82) is 0 Å². The number of halogens is 4. The quantitative estimate of drug-likeness (QED) is 0.647. The molecule has 1 atom stereocenters. The van der Waals surface area contributed by atoms with Gasteiger partial charge in [0.1, 0.15) is 11.6 Å². The van der Waals surface area contributed by atoms with E-state index in [9.17, 15) is 13.2 Å². The SMILES string of the molecule is COc1cc2c(cc1Cl)NCC(C)c1nnc(-c3ccc(OCC(F)(F)F)nc3)n1-2. The van der Waals surface area contributed by atoms with Crippen LogP contribution < -0.4 is 14.8 Å². The predicted molar refractivity (Wildman–Crippen MR) is 105 cm³/mol. The highest BCUT2D eigenvalue weighted by atomic mass is 35.5. The lowest BCUT2D eigenvalue weighted by Gasteiger charge is -2.15. The molecule has 1 aromatic carbocycles. The third-order valence-corrected chi connectivity index (χ3v) is 4.91. The molecule has 30 heavy (non-hydrogen) atoms. The molecule has 0 fully saturated rings. The van der Waals surface area contributed by atoms with Crippen molar-refractivity contribution < 1.29 is 22.6 Å². The molecule has 1 aliphatic heterocycles. The zero-order valence-electron chi connectivity index (χ0n) is 16.0. The highest BCUT2D eigenvalue weighted by Crippen LogP contribution is 2.39. The molecule has 0 amide bonds. The topological polar surface area (TPSA) is 74.1 Å². The van der Waals surface area contributed by atoms with Crippen molar-refractivity contribution in [1.82, 2.24) is 19.7 Å². The number of nitrogens with zero attached hydrogens (tertiary/aromatic N) is 4. The van der Waals surface area contributed by atoms with Crippen molar-refractivity contribution in [2.75, 3.05) is 25.6 Å². The van der Waals surface area contributed by atoms with Gasteiger partial charge >= 0.3 is 6.18 Å². The van der Waals surface area contributed by atoms with Crippen molar-refractivity contribution in [2.24, 2.45) is 0 Å². The second-order valence-corrected chi connectivity index (χ2v) is 7.20. The first-order valence-corrected chi connectivity index (χ1v) is 9.37. The molecule has 11 heteroatoms. The normalized spacial score (nSPS) is 15.6. The number of nitrogens with one attached hydrogen (secondary N) is 1. The Kier molecular flexibility index (Phi) is 5.19. The lowest BCUT2D eigenvalue weighted by atomic mass is 10.1. The second kappa shape index (κ2) is 7.67. The van der Waals surface area contributed by atoms with E-state index in [2.05, 4.69) is 25.2 Å². The van der Waals surface area contributed by atoms with Crippen LogP contribution in [0.5, 0.6) is 11.6 Å². The third-order valence-electron chi connectivity index (χ3n) is 4.62. The maximum Gasteiger partial charge on any atom is 0.422 e. The van der Waals surface area contributed by atoms with E-state index in [4.69, 9.17) is 16.3 Å². The number of fused-ring (bicyclic) bond motifs is 3. The van der Waals surface area contributed by atoms with Gasteiger partial charge < -0.3 is 14.8 Å². The molecule has 3 heterocycles. The number of pyridine rings is 1. The molecule has 1 aliphatic rings. The van der Waals surface area contributed by atoms with Crippen LogP contribution in [-0.2, 0) is 0 Å². The van der Waals surface area contributed by atoms with Crippen LogP contribution in [0.2, 0.25) is 5.02 Å². The fraction of sp³-hybridized carbons (Fsp3) is 0.316. The Morgan fingerprint density at radius 1 is 1.27 bits per heavy atom. The van der Waals surface area contributed by atoms with Crippen LogP contribution in [-0.4, -0.2) is 46.2 Å². The summed E-state index contributed by atoms with van der Waals surface area (Å²) in [6.07, 6.45) is -3.03. The number of benzene rings is 1. The van der Waals surface area contributed by atoms with Gasteiger partial charge in [-0.05, 0) is 12.1 Å². The summed E-state index contributed by atoms with van der Waals surface area (Å²) in [7, 11) is 1.53. The third kappa shape index (κ3) is 3.87. The maximum atomic E-state index is 12.3. The fourth-order valence-corrected chi connectivity index (χ4v) is 3.41. The smallest absolute Gasteiger partial charge is 0.422 e. The number of aromatic nitrogens is 4. The number of alkyl halides is 3. The zero-order chi connectivity index (χ0) is 21.5. The molecule has 0 spiro atoms. The fourth-order valence-electron chi connectivity index (χ4n) is 3.17. The molecule has 7 nitrogen and oxygen atoms in total. The van der Waals surface area contributed by atoms with Gasteiger partial charge in [0.15, 0.2) is 12.4 Å². The van der Waals surface area contributed by atoms with E-state index in [1.54, 1.807) is 18.2 Å². The number of hydrogen-bond acceptors (Lipinski definition) is 6. The number of methoxy groups -OCH3 is 1. The number of rotatable bonds is 4. The van der Waals surface area contributed by atoms with Crippen LogP contribution in [0.25, 0.3) is 17.1 Å². The van der Waals surface area contributed by atoms with E-state index in [1.165, 1.54) is 19.4 Å². The largest absolute Gasteiger partial charge is 0.495 e. The summed E-state index contributed by atoms with van der Waals surface area (Å²) in [5.74, 6) is 1.60. The summed E-state index contributed by atoms with van der Waals surface area (Å²) in [5, 5.41) is 12.4. The Labute approximate surface area is 174 Å². The van der Waals surface area contributed by atoms with Crippen LogP contribution in [0, 0.1) is 0 Å². The van der Waals surface area contributed by atoms with E-state index >= 15 is 0 Å². The molecule has 0 aliphatic carbocycles. The summed E-state index contributed by atoms with van der Waals surface area (Å²) in [6, 6.07) is 6.51. The Bertz CT molecular complexity index is 1070. The molecule has 3 aromatic rings. The zero-order valence-corrected chi connectivity index (χ0v) is 16.8. The van der Waals surface area contributed by atoms with Crippen molar-refractivity contribution in [3.05, 3.63) is 41.3 Å². The van der Waals surface area contributed by atoms with Gasteiger partial charge in [-0.3, -0.25) is 4.57 Å². The standard InChI is InChI=1S/C19H17ClF3N5O2/c1-10-7-24-13-5-12(20)15(29-2)6-14(13)28-17(10)26-27-18(28)11-3-4-16(25-8-11)30-9-19(21,22)23/h3-6,8,10,24H,7,9H2,1-2H3. The van der Waals surface area contributed by atoms with E-state index in [0.717, 1.165) is 17.2 Å². The Hall–Kier alpha value is -3.01. The molecule has 2 aromatic heterocycles. The molecule has 0 saturated carbocycles. The molecule has 0 bridgehead atoms. The van der Waals surface area contributed by atoms with Gasteiger partial charge in [-0.2, -0.15) is 13.2 Å². The van der Waals surface area contributed by atoms with Crippen molar-refractivity contribution in [3.63, 3.8) is 0 Å². The summed E-state index contributed by atoms with van der Waals surface area (Å²) in [4.78, 5) is 3.97. The lowest BCUT2D eigenvalue weighted by molar-refractivity contribution is -0.154. The number of anilines is 1. The average molecular weight is 440 g/mol. The van der Waals surface area contributed by atoms with E-state index in [-0.39, 0.29) is 11.8 Å². The Balaban J connectivity index is 1.76. The van der Waals surface area contributed by atoms with E-state index in [1.807, 2.05) is 11.5 Å². The van der Waals surface area contributed by atoms with Crippen molar-refractivity contribution in [2.45, 2.75) is 19.0 Å². The molecule has 0 radical (unpaired) electrons. The summed E-state index contributed by atoms with van der Waals surface area (Å²) in [6.45, 7) is 1.22. The van der Waals surface area contributed by atoms with Gasteiger partial charge in [0.25, 0.3) is 0 Å². The average Bonchev–Trinajstić information content (AvgIpc) is 3.10. The summed E-state index contributed by atoms with van der Waals surface area (Å²) < 4.78 is 48.9. The van der Waals surface area contributed by atoms with Crippen LogP contribution in [0.4, 0.5) is 18.9 Å². The van der Waals surface area contributed by atoms with E-state index < -0.39 is 12.8 Å². The minimum atomic E-state index is -4.43. The summed E-state index contributed by atoms with van der Waals surface area (Å²) in [5.41, 5.74) is 2.10. The Morgan fingerprint density at radius 3 is 2.73 bits per heavy atom. The predicted octanol–water partition coefficient (Wildman–Crippen LogP) is 4.46. The molecule has 158 valence electrons. The highest BCUT2D eigenvalue weighted by molar-refractivity contribution is 6.32. The van der Waals surface area contributed by atoms with Gasteiger partial charge in [0.05, 0.1) is 23.5 Å². The van der Waals surface area contributed by atoms with Crippen LogP contribution in [0.3, 0.4) is 0 Å². The monoisotopic (exact) mass is 439 g/mol. The van der Waals surface area contributed by atoms with Gasteiger partial charge in [0.2, 0.25) is 5.88 Å². The molecule has 0 saturated heterocycles. The minimum Gasteiger partial charge on any atom is -0.495 e. The van der Waals surface area contributed by atoms with Crippen molar-refractivity contribution >= 4 is 17.3 Å². The first-order chi connectivity index (χ1) is 14.3. The van der Waals surface area contributed by atoms with Crippen molar-refractivity contribution in [3.8, 4) is 28.7 Å². The van der Waals surface area contributed by atoms with Gasteiger partial charge in [-0.1, -0.05) is 18.5 Å². The molecular weight excluding hydrogens is 423 g/mol. The summed E-state index contributed by atoms with van der Waals surface area (Å²) >= 11 is 6.28. The first-order valence-electron chi connectivity index (χ1n) is 9.00. The lowest BCUT2D eigenvalue weighted by Crippen LogP contribution is -2.19. The highest BCUT2D eigenvalue weighted by Gasteiger charge is 2.29. The van der Waals surface area contributed by atoms with Gasteiger partial charge in [-0.25, -0.2) is 4.98 Å².